The molecule has 0 bridgehead atoms. The number of hydrogen-bond donors (Lipinski definition) is 1. The zero-order valence-corrected chi connectivity index (χ0v) is 9.29. The number of nitrogens with two attached hydrogens (primary N) is 1. The van der Waals surface area contributed by atoms with Crippen LogP contribution in [0.1, 0.15) is 6.42 Å². The summed E-state index contributed by atoms with van der Waals surface area (Å²) in [5, 5.41) is 12.1. The van der Waals surface area contributed by atoms with Crippen LogP contribution in [0, 0.1) is 0 Å². The lowest BCUT2D eigenvalue weighted by molar-refractivity contribution is -0.137. The van der Waals surface area contributed by atoms with Crippen molar-refractivity contribution in [2.24, 2.45) is 0 Å². The Bertz CT molecular complexity index is 503. The van der Waals surface area contributed by atoms with E-state index in [-0.39, 0.29) is 6.54 Å². The van der Waals surface area contributed by atoms with Gasteiger partial charge in [-0.15, -0.1) is 10.2 Å². The van der Waals surface area contributed by atoms with Gasteiger partial charge >= 0.3 is 6.18 Å². The number of anilines is 1. The van der Waals surface area contributed by atoms with E-state index in [9.17, 15) is 13.2 Å². The summed E-state index contributed by atoms with van der Waals surface area (Å²) in [6.45, 7) is -0.211. The highest BCUT2D eigenvalue weighted by Crippen LogP contribution is 2.25. The molecule has 9 heteroatoms. The normalized spacial score (nSPS) is 11.9. The predicted octanol–water partition coefficient (Wildman–Crippen LogP) is 1.94. The Hall–Kier alpha value is -1.64. The maximum absolute atomic E-state index is 12.0. The van der Waals surface area contributed by atoms with Crippen LogP contribution in [0.5, 0.6) is 0 Å². The third-order valence-corrected chi connectivity index (χ3v) is 2.75. The summed E-state index contributed by atoms with van der Waals surface area (Å²) in [6, 6.07) is 0. The average molecular weight is 263 g/mol. The lowest BCUT2D eigenvalue weighted by Crippen LogP contribution is -2.12. The first-order valence-corrected chi connectivity index (χ1v) is 5.44. The predicted molar refractivity (Wildman–Crippen MR) is 56.2 cm³/mol. The first kappa shape index (κ1) is 11.8. The highest BCUT2D eigenvalue weighted by Gasteiger charge is 2.26. The van der Waals surface area contributed by atoms with Gasteiger partial charge < -0.3 is 5.73 Å². The van der Waals surface area contributed by atoms with Crippen LogP contribution in [-0.2, 0) is 6.54 Å². The van der Waals surface area contributed by atoms with E-state index in [1.54, 1.807) is 0 Å². The third kappa shape index (κ3) is 3.16. The zero-order valence-electron chi connectivity index (χ0n) is 8.48. The van der Waals surface area contributed by atoms with Crippen molar-refractivity contribution in [3.63, 3.8) is 0 Å². The maximum Gasteiger partial charge on any atom is 0.390 e. The van der Waals surface area contributed by atoms with E-state index < -0.39 is 12.6 Å². The first-order valence-electron chi connectivity index (χ1n) is 4.62. The van der Waals surface area contributed by atoms with Crippen molar-refractivity contribution in [2.45, 2.75) is 19.1 Å². The molecule has 2 N–H and O–H groups in total. The van der Waals surface area contributed by atoms with E-state index in [1.165, 1.54) is 17.1 Å². The molecule has 5 nitrogen and oxygen atoms in total. The second-order valence-electron chi connectivity index (χ2n) is 3.30. The Balaban J connectivity index is 2.06. The van der Waals surface area contributed by atoms with E-state index in [0.717, 1.165) is 11.3 Å². The lowest BCUT2D eigenvalue weighted by atomic mass is 10.4. The van der Waals surface area contributed by atoms with Crippen molar-refractivity contribution in [1.82, 2.24) is 20.0 Å². The molecule has 0 amide bonds. The number of aryl methyl sites for hydroxylation is 1. The van der Waals surface area contributed by atoms with Gasteiger partial charge in [-0.3, -0.25) is 4.68 Å². The molecule has 0 aliphatic carbocycles. The van der Waals surface area contributed by atoms with Crippen LogP contribution in [0.15, 0.2) is 12.4 Å². The summed E-state index contributed by atoms with van der Waals surface area (Å²) >= 11 is 1.16. The molecule has 0 aliphatic heterocycles. The summed E-state index contributed by atoms with van der Waals surface area (Å²) < 4.78 is 37.2. The average Bonchev–Trinajstić information content (AvgIpc) is 2.81. The summed E-state index contributed by atoms with van der Waals surface area (Å²) in [7, 11) is 0. The number of alkyl halides is 3. The van der Waals surface area contributed by atoms with Crippen LogP contribution < -0.4 is 5.73 Å². The summed E-state index contributed by atoms with van der Waals surface area (Å²) in [5.74, 6) is 0. The molecule has 0 aromatic carbocycles. The standard InChI is InChI=1S/C8H8F3N5S/c9-8(10,11)1-2-16-4-5(3-13-16)6-14-15-7(12)17-6/h3-4H,1-2H2,(H2,12,15). The van der Waals surface area contributed by atoms with Gasteiger partial charge in [0.25, 0.3) is 0 Å². The van der Waals surface area contributed by atoms with Crippen molar-refractivity contribution < 1.29 is 13.2 Å². The van der Waals surface area contributed by atoms with E-state index in [2.05, 4.69) is 15.3 Å². The fraction of sp³-hybridized carbons (Fsp3) is 0.375. The van der Waals surface area contributed by atoms with E-state index in [0.29, 0.717) is 15.7 Å². The molecule has 0 fully saturated rings. The number of aromatic nitrogens is 4. The molecule has 2 aromatic rings. The topological polar surface area (TPSA) is 69.6 Å². The third-order valence-electron chi connectivity index (χ3n) is 1.95. The molecule has 0 atom stereocenters. The Morgan fingerprint density at radius 3 is 2.71 bits per heavy atom. The lowest BCUT2D eigenvalue weighted by Gasteiger charge is -2.05. The van der Waals surface area contributed by atoms with E-state index in [4.69, 9.17) is 5.73 Å². The molecule has 2 aromatic heterocycles. The van der Waals surface area contributed by atoms with Crippen LogP contribution in [0.4, 0.5) is 18.3 Å². The van der Waals surface area contributed by atoms with Crippen LogP contribution in [0.3, 0.4) is 0 Å². The Labute approximate surface area is 98.1 Å². The van der Waals surface area contributed by atoms with Gasteiger partial charge in [-0.05, 0) is 0 Å². The summed E-state index contributed by atoms with van der Waals surface area (Å²) in [6.07, 6.45) is -2.16. The van der Waals surface area contributed by atoms with Crippen LogP contribution in [-0.4, -0.2) is 26.2 Å². The second kappa shape index (κ2) is 4.32. The molecule has 0 unspecified atom stereocenters. The van der Waals surface area contributed by atoms with Crippen molar-refractivity contribution >= 4 is 16.5 Å². The van der Waals surface area contributed by atoms with Gasteiger partial charge in [-0.1, -0.05) is 11.3 Å². The molecule has 92 valence electrons. The van der Waals surface area contributed by atoms with Crippen LogP contribution in [0.25, 0.3) is 10.6 Å². The highest BCUT2D eigenvalue weighted by atomic mass is 32.1. The molecular weight excluding hydrogens is 255 g/mol. The number of rotatable bonds is 3. The maximum atomic E-state index is 12.0. The minimum Gasteiger partial charge on any atom is -0.374 e. The smallest absolute Gasteiger partial charge is 0.374 e. The van der Waals surface area contributed by atoms with Crippen molar-refractivity contribution in [1.29, 1.82) is 0 Å². The van der Waals surface area contributed by atoms with E-state index >= 15 is 0 Å². The van der Waals surface area contributed by atoms with Crippen LogP contribution >= 0.6 is 11.3 Å². The molecule has 0 spiro atoms. The minimum absolute atomic E-state index is 0.211. The number of nitrogens with zero attached hydrogens (tertiary/aromatic N) is 4. The SMILES string of the molecule is Nc1nnc(-c2cnn(CCC(F)(F)F)c2)s1. The molecule has 0 aliphatic rings. The van der Waals surface area contributed by atoms with Gasteiger partial charge in [-0.2, -0.15) is 18.3 Å². The van der Waals surface area contributed by atoms with Gasteiger partial charge in [-0.25, -0.2) is 0 Å². The largest absolute Gasteiger partial charge is 0.390 e. The second-order valence-corrected chi connectivity index (χ2v) is 4.31. The monoisotopic (exact) mass is 263 g/mol. The Morgan fingerprint density at radius 1 is 1.35 bits per heavy atom. The van der Waals surface area contributed by atoms with Crippen LogP contribution in [0.2, 0.25) is 0 Å². The number of hydrogen-bond acceptors (Lipinski definition) is 5. The van der Waals surface area contributed by atoms with Crippen molar-refractivity contribution in [2.75, 3.05) is 5.73 Å². The molecule has 2 rings (SSSR count). The molecule has 0 saturated heterocycles. The summed E-state index contributed by atoms with van der Waals surface area (Å²) in [4.78, 5) is 0. The van der Waals surface area contributed by atoms with Gasteiger partial charge in [0.05, 0.1) is 18.2 Å². The van der Waals surface area contributed by atoms with Gasteiger partial charge in [0.15, 0.2) is 5.01 Å². The fourth-order valence-electron chi connectivity index (χ4n) is 1.19. The van der Waals surface area contributed by atoms with Crippen molar-refractivity contribution in [3.05, 3.63) is 12.4 Å². The van der Waals surface area contributed by atoms with Gasteiger partial charge in [0.1, 0.15) is 0 Å². The Kier molecular flexibility index (Phi) is 3.01. The molecule has 0 radical (unpaired) electrons. The summed E-state index contributed by atoms with van der Waals surface area (Å²) in [5.41, 5.74) is 6.02. The number of halogens is 3. The zero-order chi connectivity index (χ0) is 12.5. The molecular formula is C8H8F3N5S. The fourth-order valence-corrected chi connectivity index (χ4v) is 1.77. The molecule has 2 heterocycles. The number of nitrogen functional groups attached to an aromatic ring is 1. The quantitative estimate of drug-likeness (QED) is 0.918. The van der Waals surface area contributed by atoms with Crippen molar-refractivity contribution in [3.8, 4) is 10.6 Å². The van der Waals surface area contributed by atoms with Gasteiger partial charge in [0, 0.05) is 12.7 Å². The Morgan fingerprint density at radius 2 is 2.12 bits per heavy atom. The molecule has 0 saturated carbocycles. The highest BCUT2D eigenvalue weighted by molar-refractivity contribution is 7.18. The minimum atomic E-state index is -4.18. The molecule has 17 heavy (non-hydrogen) atoms. The van der Waals surface area contributed by atoms with Gasteiger partial charge in [0.2, 0.25) is 5.13 Å². The first-order chi connectivity index (χ1) is 7.94. The van der Waals surface area contributed by atoms with E-state index in [1.807, 2.05) is 0 Å².